The van der Waals surface area contributed by atoms with Crippen molar-refractivity contribution in [1.82, 2.24) is 4.98 Å². The van der Waals surface area contributed by atoms with E-state index >= 15 is 0 Å². The highest BCUT2D eigenvalue weighted by molar-refractivity contribution is 7.92. The standard InChI is InChI=1S/C12H11F2N3O3S/c13-12(14)20-9-3-1-8(2-4-9)17-21(18,19)11-7-16-6-5-10(11)15/h1-7,12,17H,(H2,15,16). The first kappa shape index (κ1) is 15.0. The number of nitrogen functional groups attached to an aromatic ring is 1. The summed E-state index contributed by atoms with van der Waals surface area (Å²) in [6, 6.07) is 6.38. The number of rotatable bonds is 5. The van der Waals surface area contributed by atoms with Crippen LogP contribution < -0.4 is 15.2 Å². The molecule has 0 radical (unpaired) electrons. The smallest absolute Gasteiger partial charge is 0.387 e. The van der Waals surface area contributed by atoms with Crippen molar-refractivity contribution < 1.29 is 21.9 Å². The fraction of sp³-hybridized carbons (Fsp3) is 0.0833. The van der Waals surface area contributed by atoms with Crippen molar-refractivity contribution in [3.05, 3.63) is 42.7 Å². The molecule has 3 N–H and O–H groups in total. The molecular formula is C12H11F2N3O3S. The van der Waals surface area contributed by atoms with Crippen LogP contribution in [0.25, 0.3) is 0 Å². The Balaban J connectivity index is 2.19. The third kappa shape index (κ3) is 3.78. The predicted octanol–water partition coefficient (Wildman–Crippen LogP) is 2.07. The average molecular weight is 315 g/mol. The normalized spacial score (nSPS) is 11.4. The molecule has 0 amide bonds. The van der Waals surface area contributed by atoms with E-state index in [2.05, 4.69) is 14.4 Å². The molecule has 0 saturated carbocycles. The van der Waals surface area contributed by atoms with Gasteiger partial charge in [-0.1, -0.05) is 0 Å². The molecule has 0 bridgehead atoms. The third-order valence-electron chi connectivity index (χ3n) is 2.44. The van der Waals surface area contributed by atoms with Crippen LogP contribution in [0.15, 0.2) is 47.6 Å². The minimum Gasteiger partial charge on any atom is -0.435 e. The van der Waals surface area contributed by atoms with Gasteiger partial charge in [0.25, 0.3) is 10.0 Å². The minimum atomic E-state index is -3.91. The first-order valence-electron chi connectivity index (χ1n) is 5.65. The van der Waals surface area contributed by atoms with Crippen molar-refractivity contribution in [3.8, 4) is 5.75 Å². The molecule has 0 saturated heterocycles. The molecule has 6 nitrogen and oxygen atoms in total. The molecule has 0 unspecified atom stereocenters. The number of benzene rings is 1. The van der Waals surface area contributed by atoms with Crippen molar-refractivity contribution in [2.45, 2.75) is 11.5 Å². The van der Waals surface area contributed by atoms with Gasteiger partial charge in [-0.15, -0.1) is 0 Å². The van der Waals surface area contributed by atoms with Crippen LogP contribution in [0.4, 0.5) is 20.2 Å². The Morgan fingerprint density at radius 1 is 1.19 bits per heavy atom. The lowest BCUT2D eigenvalue weighted by Gasteiger charge is -2.10. The van der Waals surface area contributed by atoms with Crippen LogP contribution in [-0.2, 0) is 10.0 Å². The average Bonchev–Trinajstić information content (AvgIpc) is 2.40. The summed E-state index contributed by atoms with van der Waals surface area (Å²) < 4.78 is 54.6. The van der Waals surface area contributed by atoms with E-state index < -0.39 is 16.6 Å². The van der Waals surface area contributed by atoms with Gasteiger partial charge in [-0.05, 0) is 30.3 Å². The summed E-state index contributed by atoms with van der Waals surface area (Å²) in [5.41, 5.74) is 5.81. The van der Waals surface area contributed by atoms with Crippen molar-refractivity contribution in [2.24, 2.45) is 0 Å². The number of nitrogens with one attached hydrogen (secondary N) is 1. The van der Waals surface area contributed by atoms with E-state index in [-0.39, 0.29) is 22.0 Å². The predicted molar refractivity (Wildman–Crippen MR) is 72.5 cm³/mol. The molecule has 21 heavy (non-hydrogen) atoms. The van der Waals surface area contributed by atoms with Gasteiger partial charge in [-0.3, -0.25) is 9.71 Å². The van der Waals surface area contributed by atoms with E-state index in [1.54, 1.807) is 0 Å². The Kier molecular flexibility index (Phi) is 4.22. The summed E-state index contributed by atoms with van der Waals surface area (Å²) in [4.78, 5) is 3.53. The maximum atomic E-state index is 12.1. The van der Waals surface area contributed by atoms with Crippen molar-refractivity contribution >= 4 is 21.4 Å². The maximum Gasteiger partial charge on any atom is 0.387 e. The summed E-state index contributed by atoms with van der Waals surface area (Å²) >= 11 is 0. The van der Waals surface area contributed by atoms with Crippen LogP contribution in [0.5, 0.6) is 5.75 Å². The molecule has 0 atom stereocenters. The van der Waals surface area contributed by atoms with Crippen LogP contribution in [0.3, 0.4) is 0 Å². The van der Waals surface area contributed by atoms with Gasteiger partial charge in [0.15, 0.2) is 0 Å². The molecular weight excluding hydrogens is 304 g/mol. The molecule has 0 aliphatic heterocycles. The fourth-order valence-corrected chi connectivity index (χ4v) is 2.66. The second-order valence-corrected chi connectivity index (χ2v) is 5.57. The van der Waals surface area contributed by atoms with Gasteiger partial charge in [0, 0.05) is 18.1 Å². The number of aromatic nitrogens is 1. The van der Waals surface area contributed by atoms with Gasteiger partial charge in [-0.2, -0.15) is 8.78 Å². The van der Waals surface area contributed by atoms with E-state index in [1.165, 1.54) is 36.5 Å². The van der Waals surface area contributed by atoms with Crippen LogP contribution in [0.1, 0.15) is 0 Å². The van der Waals surface area contributed by atoms with Gasteiger partial charge < -0.3 is 10.5 Å². The van der Waals surface area contributed by atoms with Gasteiger partial charge >= 0.3 is 6.61 Å². The van der Waals surface area contributed by atoms with Gasteiger partial charge in [0.2, 0.25) is 0 Å². The van der Waals surface area contributed by atoms with Crippen LogP contribution in [0, 0.1) is 0 Å². The summed E-state index contributed by atoms with van der Waals surface area (Å²) in [5.74, 6) is -0.0751. The number of hydrogen-bond donors (Lipinski definition) is 2. The molecule has 1 heterocycles. The van der Waals surface area contributed by atoms with E-state index in [0.29, 0.717) is 0 Å². The van der Waals surface area contributed by atoms with E-state index in [0.717, 1.165) is 6.20 Å². The molecule has 112 valence electrons. The molecule has 9 heteroatoms. The number of hydrogen-bond acceptors (Lipinski definition) is 5. The zero-order valence-electron chi connectivity index (χ0n) is 10.5. The number of nitrogens with zero attached hydrogens (tertiary/aromatic N) is 1. The Bertz CT molecular complexity index is 721. The van der Waals surface area contributed by atoms with E-state index in [9.17, 15) is 17.2 Å². The number of nitrogens with two attached hydrogens (primary N) is 1. The second kappa shape index (κ2) is 5.92. The zero-order valence-corrected chi connectivity index (χ0v) is 11.3. The first-order valence-corrected chi connectivity index (χ1v) is 7.14. The highest BCUT2D eigenvalue weighted by atomic mass is 32.2. The highest BCUT2D eigenvalue weighted by Gasteiger charge is 2.17. The maximum absolute atomic E-state index is 12.1. The molecule has 2 aromatic rings. The Labute approximate surface area is 119 Å². The molecule has 0 aliphatic rings. The highest BCUT2D eigenvalue weighted by Crippen LogP contribution is 2.22. The van der Waals surface area contributed by atoms with Crippen LogP contribution in [-0.4, -0.2) is 20.0 Å². The lowest BCUT2D eigenvalue weighted by atomic mass is 10.3. The quantitative estimate of drug-likeness (QED) is 0.881. The molecule has 1 aromatic heterocycles. The molecule has 2 rings (SSSR count). The molecule has 0 fully saturated rings. The Morgan fingerprint density at radius 2 is 1.86 bits per heavy atom. The number of anilines is 2. The summed E-state index contributed by atoms with van der Waals surface area (Å²) in [7, 11) is -3.91. The number of halogens is 2. The largest absolute Gasteiger partial charge is 0.435 e. The van der Waals surface area contributed by atoms with E-state index in [4.69, 9.17) is 5.73 Å². The fourth-order valence-electron chi connectivity index (χ4n) is 1.53. The zero-order chi connectivity index (χ0) is 15.5. The second-order valence-electron chi connectivity index (χ2n) is 3.92. The lowest BCUT2D eigenvalue weighted by molar-refractivity contribution is -0.0498. The number of pyridine rings is 1. The van der Waals surface area contributed by atoms with Crippen LogP contribution >= 0.6 is 0 Å². The summed E-state index contributed by atoms with van der Waals surface area (Å²) in [5, 5.41) is 0. The van der Waals surface area contributed by atoms with E-state index in [1.807, 2.05) is 0 Å². The Morgan fingerprint density at radius 3 is 2.43 bits per heavy atom. The van der Waals surface area contributed by atoms with Gasteiger partial charge in [0.1, 0.15) is 10.6 Å². The number of sulfonamides is 1. The van der Waals surface area contributed by atoms with Crippen molar-refractivity contribution in [2.75, 3.05) is 10.5 Å². The first-order chi connectivity index (χ1) is 9.88. The SMILES string of the molecule is Nc1ccncc1S(=O)(=O)Nc1ccc(OC(F)F)cc1. The minimum absolute atomic E-state index is 0.0511. The summed E-state index contributed by atoms with van der Waals surface area (Å²) in [6.07, 6.45) is 2.48. The molecule has 0 spiro atoms. The number of ether oxygens (including phenoxy) is 1. The topological polar surface area (TPSA) is 94.3 Å². The molecule has 0 aliphatic carbocycles. The Hall–Kier alpha value is -2.42. The van der Waals surface area contributed by atoms with Crippen molar-refractivity contribution in [3.63, 3.8) is 0 Å². The van der Waals surface area contributed by atoms with Crippen molar-refractivity contribution in [1.29, 1.82) is 0 Å². The van der Waals surface area contributed by atoms with Gasteiger partial charge in [0.05, 0.1) is 5.69 Å². The van der Waals surface area contributed by atoms with Gasteiger partial charge in [-0.25, -0.2) is 8.42 Å². The molecule has 1 aromatic carbocycles. The lowest BCUT2D eigenvalue weighted by Crippen LogP contribution is -2.15. The number of alkyl halides is 2. The third-order valence-corrected chi connectivity index (χ3v) is 3.86. The van der Waals surface area contributed by atoms with Crippen LogP contribution in [0.2, 0.25) is 0 Å². The summed E-state index contributed by atoms with van der Waals surface area (Å²) in [6.45, 7) is -2.94. The monoisotopic (exact) mass is 315 g/mol.